The van der Waals surface area contributed by atoms with Gasteiger partial charge in [0.15, 0.2) is 5.72 Å². The van der Waals surface area contributed by atoms with Gasteiger partial charge in [-0.2, -0.15) is 11.8 Å². The molecule has 3 heterocycles. The number of epoxide rings is 1. The average Bonchev–Trinajstić information content (AvgIpc) is 3.79. The molecule has 1 aromatic rings. The number of likely N-dealkylation sites (N-methyl/N-ethyl adjacent to an activating group) is 1. The molecule has 294 valence electrons. The Morgan fingerprint density at radius 1 is 1.23 bits per heavy atom. The van der Waals surface area contributed by atoms with E-state index in [2.05, 4.69) is 5.32 Å². The molecule has 13 nitrogen and oxygen atoms in total. The quantitative estimate of drug-likeness (QED) is 0.209. The molecule has 0 spiro atoms. The Labute approximate surface area is 321 Å². The van der Waals surface area contributed by atoms with Crippen molar-refractivity contribution >= 4 is 52.9 Å². The number of carbonyl (C=O) groups is 4. The Kier molecular flexibility index (Phi) is 14.1. The van der Waals surface area contributed by atoms with Crippen molar-refractivity contribution < 1.29 is 48.7 Å². The molecule has 4 N–H and O–H groups in total. The molecular formula is C38H54ClN3O10S. The smallest absolute Gasteiger partial charge is 0.409 e. The van der Waals surface area contributed by atoms with Gasteiger partial charge in [-0.05, 0) is 49.6 Å². The number of halogens is 1. The van der Waals surface area contributed by atoms with Crippen LogP contribution in [-0.4, -0.2) is 111 Å². The first kappa shape index (κ1) is 42.6. The standard InChI is InChI=1S/C38H54ClN3O10S/c1-21(2)53-13-12-31(45)41(7)24(5)35(47)51-30-17-32(46)42(8)28-16-25(15-26(19-43)33(28)39)14-22(3)10-9-11-27(20-44)38(49)18-29(50-36(48)40-38)23(4)34-37(30,6)52-34/h9-11,15-16,21,23-24,27,29-30,34,43-44,49H,12-14,17-20H2,1-8H3,(H,40,48)/b11-9+,22-10+/t23-,24+,27?,29+,30+,34+,37+,38+/m1/s1. The summed E-state index contributed by atoms with van der Waals surface area (Å²) in [7, 11) is 3.08. The number of nitrogens with zero attached hydrogens (tertiary/aromatic N) is 2. The van der Waals surface area contributed by atoms with Crippen LogP contribution in [0, 0.1) is 11.8 Å². The zero-order valence-corrected chi connectivity index (χ0v) is 33.3. The maximum atomic E-state index is 14.1. The summed E-state index contributed by atoms with van der Waals surface area (Å²) in [6.45, 7) is 10.1. The first-order valence-electron chi connectivity index (χ1n) is 17.9. The number of ether oxygens (including phenoxy) is 3. The predicted molar refractivity (Wildman–Crippen MR) is 202 cm³/mol. The summed E-state index contributed by atoms with van der Waals surface area (Å²) in [6.07, 6.45) is 1.75. The van der Waals surface area contributed by atoms with Crippen molar-refractivity contribution in [3.63, 3.8) is 0 Å². The number of fused-ring (bicyclic) bond motifs is 5. The van der Waals surface area contributed by atoms with Gasteiger partial charge in [-0.1, -0.05) is 62.2 Å². The second-order valence-corrected chi connectivity index (χ2v) is 16.9. The van der Waals surface area contributed by atoms with Crippen LogP contribution in [0.4, 0.5) is 10.5 Å². The number of amides is 3. The number of anilines is 1. The summed E-state index contributed by atoms with van der Waals surface area (Å²) >= 11 is 8.36. The largest absolute Gasteiger partial charge is 0.457 e. The van der Waals surface area contributed by atoms with Gasteiger partial charge < -0.3 is 39.3 Å². The SMILES string of the molecule is C/C1=C\C=C\C(CO)[C@@]2(O)C[C@H](OC(=O)N2)[C@@H](C)[C@@H]2O[C@@]2(C)[C@@H](OC(=O)[C@H](C)N(C)C(=O)CCSC(C)C)CC(=O)N(C)c2cc(cc(CO)c2Cl)C1. The van der Waals surface area contributed by atoms with E-state index in [9.17, 15) is 34.5 Å². The number of thioether (sulfide) groups is 1. The monoisotopic (exact) mass is 779 g/mol. The lowest BCUT2D eigenvalue weighted by atomic mass is 9.81. The zero-order chi connectivity index (χ0) is 39.4. The van der Waals surface area contributed by atoms with Crippen LogP contribution in [0.15, 0.2) is 35.9 Å². The van der Waals surface area contributed by atoms with E-state index in [-0.39, 0.29) is 36.8 Å². The Morgan fingerprint density at radius 2 is 1.92 bits per heavy atom. The number of esters is 1. The predicted octanol–water partition coefficient (Wildman–Crippen LogP) is 4.12. The van der Waals surface area contributed by atoms with Gasteiger partial charge in [-0.25, -0.2) is 9.59 Å². The first-order chi connectivity index (χ1) is 24.8. The minimum atomic E-state index is -1.86. The first-order valence-corrected chi connectivity index (χ1v) is 19.4. The van der Waals surface area contributed by atoms with E-state index in [1.165, 1.54) is 16.8 Å². The summed E-state index contributed by atoms with van der Waals surface area (Å²) in [5.74, 6) is -2.27. The van der Waals surface area contributed by atoms with Crippen molar-refractivity contribution in [1.82, 2.24) is 10.2 Å². The summed E-state index contributed by atoms with van der Waals surface area (Å²) in [5.41, 5.74) is -0.691. The molecule has 53 heavy (non-hydrogen) atoms. The third-order valence-electron chi connectivity index (χ3n) is 10.5. The highest BCUT2D eigenvalue weighted by Crippen LogP contribution is 2.49. The molecule has 3 aliphatic heterocycles. The maximum Gasteiger partial charge on any atom is 0.409 e. The Balaban J connectivity index is 1.73. The summed E-state index contributed by atoms with van der Waals surface area (Å²) < 4.78 is 17.9. The molecule has 1 unspecified atom stereocenters. The minimum absolute atomic E-state index is 0.0897. The second-order valence-electron chi connectivity index (χ2n) is 14.8. The Hall–Kier alpha value is -3.14. The summed E-state index contributed by atoms with van der Waals surface area (Å²) in [4.78, 5) is 56.3. The van der Waals surface area contributed by atoms with Crippen molar-refractivity contribution in [2.45, 2.75) is 115 Å². The number of aliphatic hydroxyl groups is 3. The number of allylic oxidation sites excluding steroid dienone is 3. The van der Waals surface area contributed by atoms with Gasteiger partial charge in [0.2, 0.25) is 11.8 Å². The summed E-state index contributed by atoms with van der Waals surface area (Å²) in [5, 5.41) is 35.2. The zero-order valence-electron chi connectivity index (χ0n) is 31.8. The van der Waals surface area contributed by atoms with Gasteiger partial charge in [-0.3, -0.25) is 14.9 Å². The van der Waals surface area contributed by atoms with Gasteiger partial charge in [-0.15, -0.1) is 0 Å². The van der Waals surface area contributed by atoms with Crippen LogP contribution >= 0.6 is 23.4 Å². The lowest BCUT2D eigenvalue weighted by molar-refractivity contribution is -0.161. The molecule has 1 aromatic carbocycles. The molecule has 2 saturated heterocycles. The molecule has 0 aromatic heterocycles. The molecule has 0 radical (unpaired) electrons. The highest BCUT2D eigenvalue weighted by atomic mass is 35.5. The molecule has 8 atom stereocenters. The van der Waals surface area contributed by atoms with Crippen LogP contribution in [0.1, 0.15) is 71.9 Å². The van der Waals surface area contributed by atoms with Crippen molar-refractivity contribution in [2.75, 3.05) is 31.4 Å². The van der Waals surface area contributed by atoms with Crippen molar-refractivity contribution in [3.05, 3.63) is 52.1 Å². The molecule has 3 amide bonds. The molecule has 0 aliphatic carbocycles. The fraction of sp³-hybridized carbons (Fsp3) is 0.632. The van der Waals surface area contributed by atoms with Crippen molar-refractivity contribution in [3.8, 4) is 0 Å². The third kappa shape index (κ3) is 9.95. The van der Waals surface area contributed by atoms with Gasteiger partial charge in [0.05, 0.1) is 36.4 Å². The van der Waals surface area contributed by atoms with Crippen LogP contribution in [0.3, 0.4) is 0 Å². The fourth-order valence-electron chi connectivity index (χ4n) is 6.86. The van der Waals surface area contributed by atoms with Gasteiger partial charge in [0.1, 0.15) is 23.9 Å². The fourth-order valence-corrected chi connectivity index (χ4v) is 7.92. The van der Waals surface area contributed by atoms with E-state index in [1.54, 1.807) is 63.9 Å². The van der Waals surface area contributed by atoms with E-state index in [0.717, 1.165) is 11.1 Å². The van der Waals surface area contributed by atoms with Crippen LogP contribution in [0.25, 0.3) is 0 Å². The lowest BCUT2D eigenvalue weighted by Crippen LogP contribution is -2.62. The molecule has 3 aliphatic rings. The number of hydrogen-bond acceptors (Lipinski definition) is 11. The van der Waals surface area contributed by atoms with Crippen molar-refractivity contribution in [1.29, 1.82) is 0 Å². The van der Waals surface area contributed by atoms with Crippen LogP contribution in [0.5, 0.6) is 0 Å². The van der Waals surface area contributed by atoms with Crippen LogP contribution < -0.4 is 10.2 Å². The van der Waals surface area contributed by atoms with E-state index in [1.807, 2.05) is 26.8 Å². The highest BCUT2D eigenvalue weighted by molar-refractivity contribution is 7.99. The molecule has 4 rings (SSSR count). The number of hydrogen-bond donors (Lipinski definition) is 4. The summed E-state index contributed by atoms with van der Waals surface area (Å²) in [6, 6.07) is 2.53. The average molecular weight is 780 g/mol. The normalized spacial score (nSPS) is 31.4. The van der Waals surface area contributed by atoms with E-state index in [4.69, 9.17) is 25.8 Å². The number of benzene rings is 1. The van der Waals surface area contributed by atoms with Gasteiger partial charge >= 0.3 is 12.1 Å². The lowest BCUT2D eigenvalue weighted by Gasteiger charge is -2.42. The highest BCUT2D eigenvalue weighted by Gasteiger charge is 2.64. The van der Waals surface area contributed by atoms with Crippen LogP contribution in [0.2, 0.25) is 5.02 Å². The number of alkyl carbamates (subject to hydrolysis) is 1. The number of aliphatic hydroxyl groups excluding tert-OH is 2. The number of rotatable bonds is 9. The molecule has 15 heteroatoms. The Morgan fingerprint density at radius 3 is 2.57 bits per heavy atom. The third-order valence-corrected chi connectivity index (χ3v) is 12.0. The Bertz CT molecular complexity index is 1610. The van der Waals surface area contributed by atoms with Gasteiger partial charge in [0.25, 0.3) is 0 Å². The molecule has 2 fully saturated rings. The minimum Gasteiger partial charge on any atom is -0.457 e. The van der Waals surface area contributed by atoms with Gasteiger partial charge in [0, 0.05) is 44.5 Å². The van der Waals surface area contributed by atoms with E-state index < -0.39 is 72.1 Å². The van der Waals surface area contributed by atoms with Crippen molar-refractivity contribution in [2.24, 2.45) is 11.8 Å². The molecule has 0 saturated carbocycles. The van der Waals surface area contributed by atoms with E-state index >= 15 is 0 Å². The number of carbonyl (C=O) groups excluding carboxylic acids is 4. The van der Waals surface area contributed by atoms with E-state index in [0.29, 0.717) is 28.7 Å². The molecule has 4 bridgehead atoms. The second kappa shape index (κ2) is 17.5. The molecular weight excluding hydrogens is 726 g/mol. The topological polar surface area (TPSA) is 178 Å². The maximum absolute atomic E-state index is 14.1. The number of nitrogens with one attached hydrogen (secondary N) is 1. The van der Waals surface area contributed by atoms with Crippen LogP contribution in [-0.2, 0) is 41.6 Å².